The van der Waals surface area contributed by atoms with Crippen molar-refractivity contribution in [3.05, 3.63) is 0 Å². The first kappa shape index (κ1) is 14.9. The summed E-state index contributed by atoms with van der Waals surface area (Å²) in [4.78, 5) is 2.38. The van der Waals surface area contributed by atoms with Gasteiger partial charge in [-0.1, -0.05) is 20.3 Å². The van der Waals surface area contributed by atoms with Crippen LogP contribution in [0.3, 0.4) is 0 Å². The second-order valence-electron chi connectivity index (χ2n) is 4.17. The second kappa shape index (κ2) is 10.4. The van der Waals surface area contributed by atoms with Gasteiger partial charge < -0.3 is 15.0 Å². The largest absolute Gasteiger partial charge is 0.383 e. The molecule has 0 aromatic heterocycles. The molecule has 0 amide bonds. The fraction of sp³-hybridized carbons (Fsp3) is 1.00. The number of unbranched alkanes of at least 4 members (excludes halogenated alkanes) is 1. The van der Waals surface area contributed by atoms with Crippen LogP contribution in [-0.4, -0.2) is 51.3 Å². The van der Waals surface area contributed by atoms with Gasteiger partial charge >= 0.3 is 0 Å². The molecule has 0 aliphatic heterocycles. The first-order chi connectivity index (χ1) is 7.24. The maximum atomic E-state index is 5.14. The van der Waals surface area contributed by atoms with E-state index in [0.717, 1.165) is 26.1 Å². The molecule has 0 rings (SSSR count). The Labute approximate surface area is 95.2 Å². The Morgan fingerprint density at radius 1 is 1.27 bits per heavy atom. The third kappa shape index (κ3) is 8.85. The summed E-state index contributed by atoms with van der Waals surface area (Å²) in [6, 6.07) is 0.509. The van der Waals surface area contributed by atoms with Crippen molar-refractivity contribution in [2.24, 2.45) is 0 Å². The molecular formula is C12H28N2O. The number of likely N-dealkylation sites (N-methyl/N-ethyl adjacent to an activating group) is 1. The number of hydrogen-bond acceptors (Lipinski definition) is 3. The standard InChI is InChI=1S/C12H28N2O/c1-5-7-9-14(3)10-8-13-12(6-2)11-15-4/h12-13H,5-11H2,1-4H3. The third-order valence-electron chi connectivity index (χ3n) is 2.68. The summed E-state index contributed by atoms with van der Waals surface area (Å²) in [7, 11) is 3.95. The summed E-state index contributed by atoms with van der Waals surface area (Å²) in [6.07, 6.45) is 3.71. The van der Waals surface area contributed by atoms with Crippen molar-refractivity contribution >= 4 is 0 Å². The number of nitrogens with one attached hydrogen (secondary N) is 1. The van der Waals surface area contributed by atoms with Crippen LogP contribution in [0, 0.1) is 0 Å². The highest BCUT2D eigenvalue weighted by atomic mass is 16.5. The Balaban J connectivity index is 3.41. The molecule has 0 heterocycles. The van der Waals surface area contributed by atoms with Crippen LogP contribution >= 0.6 is 0 Å². The molecule has 3 heteroatoms. The summed E-state index contributed by atoms with van der Waals surface area (Å²) in [6.45, 7) is 8.63. The van der Waals surface area contributed by atoms with Gasteiger partial charge in [0.25, 0.3) is 0 Å². The van der Waals surface area contributed by atoms with Crippen molar-refractivity contribution in [1.82, 2.24) is 10.2 Å². The van der Waals surface area contributed by atoms with Crippen molar-refractivity contribution in [3.63, 3.8) is 0 Å². The van der Waals surface area contributed by atoms with Crippen LogP contribution < -0.4 is 5.32 Å². The molecule has 0 saturated carbocycles. The molecule has 0 aromatic carbocycles. The predicted octanol–water partition coefficient (Wildman–Crippen LogP) is 1.73. The van der Waals surface area contributed by atoms with Gasteiger partial charge in [0.15, 0.2) is 0 Å². The number of hydrogen-bond donors (Lipinski definition) is 1. The second-order valence-corrected chi connectivity index (χ2v) is 4.17. The number of rotatable bonds is 10. The van der Waals surface area contributed by atoms with E-state index in [4.69, 9.17) is 4.74 Å². The van der Waals surface area contributed by atoms with Crippen LogP contribution in [-0.2, 0) is 4.74 Å². The van der Waals surface area contributed by atoms with Gasteiger partial charge in [0.05, 0.1) is 6.61 Å². The molecule has 92 valence electrons. The lowest BCUT2D eigenvalue weighted by Crippen LogP contribution is -2.38. The molecular weight excluding hydrogens is 188 g/mol. The summed E-state index contributed by atoms with van der Waals surface area (Å²) < 4.78 is 5.14. The highest BCUT2D eigenvalue weighted by molar-refractivity contribution is 4.64. The molecule has 0 aliphatic rings. The van der Waals surface area contributed by atoms with Gasteiger partial charge in [-0.2, -0.15) is 0 Å². The van der Waals surface area contributed by atoms with E-state index >= 15 is 0 Å². The summed E-state index contributed by atoms with van der Waals surface area (Å²) >= 11 is 0. The lowest BCUT2D eigenvalue weighted by molar-refractivity contribution is 0.162. The van der Waals surface area contributed by atoms with Gasteiger partial charge in [0.2, 0.25) is 0 Å². The Morgan fingerprint density at radius 2 is 2.00 bits per heavy atom. The molecule has 1 N–H and O–H groups in total. The van der Waals surface area contributed by atoms with E-state index in [0.29, 0.717) is 6.04 Å². The van der Waals surface area contributed by atoms with Crippen molar-refractivity contribution < 1.29 is 4.74 Å². The summed E-state index contributed by atoms with van der Waals surface area (Å²) in [5.41, 5.74) is 0. The van der Waals surface area contributed by atoms with E-state index < -0.39 is 0 Å². The highest BCUT2D eigenvalue weighted by Crippen LogP contribution is 1.93. The predicted molar refractivity (Wildman–Crippen MR) is 66.4 cm³/mol. The van der Waals surface area contributed by atoms with Gasteiger partial charge in [-0.3, -0.25) is 0 Å². The number of methoxy groups -OCH3 is 1. The molecule has 1 atom stereocenters. The molecule has 0 aliphatic carbocycles. The first-order valence-corrected chi connectivity index (χ1v) is 6.15. The van der Waals surface area contributed by atoms with Crippen LogP contribution in [0.5, 0.6) is 0 Å². The molecule has 0 fully saturated rings. The fourth-order valence-electron chi connectivity index (χ4n) is 1.52. The number of nitrogens with zero attached hydrogens (tertiary/aromatic N) is 1. The molecule has 0 aromatic rings. The summed E-state index contributed by atoms with van der Waals surface area (Å²) in [5, 5.41) is 3.51. The summed E-state index contributed by atoms with van der Waals surface area (Å²) in [5.74, 6) is 0. The van der Waals surface area contributed by atoms with Gasteiger partial charge in [-0.25, -0.2) is 0 Å². The number of ether oxygens (including phenoxy) is 1. The minimum atomic E-state index is 0.509. The van der Waals surface area contributed by atoms with Gasteiger partial charge in [-0.05, 0) is 26.4 Å². The van der Waals surface area contributed by atoms with Crippen molar-refractivity contribution in [3.8, 4) is 0 Å². The normalized spacial score (nSPS) is 13.4. The smallest absolute Gasteiger partial charge is 0.0615 e. The van der Waals surface area contributed by atoms with E-state index in [2.05, 4.69) is 31.1 Å². The van der Waals surface area contributed by atoms with Crippen LogP contribution in [0.1, 0.15) is 33.1 Å². The van der Waals surface area contributed by atoms with Crippen molar-refractivity contribution in [2.75, 3.05) is 40.4 Å². The first-order valence-electron chi connectivity index (χ1n) is 6.15. The molecule has 3 nitrogen and oxygen atoms in total. The van der Waals surface area contributed by atoms with Crippen LogP contribution in [0.15, 0.2) is 0 Å². The van der Waals surface area contributed by atoms with Crippen LogP contribution in [0.2, 0.25) is 0 Å². The maximum Gasteiger partial charge on any atom is 0.0615 e. The third-order valence-corrected chi connectivity index (χ3v) is 2.68. The lowest BCUT2D eigenvalue weighted by Gasteiger charge is -2.20. The average molecular weight is 216 g/mol. The van der Waals surface area contributed by atoms with Crippen LogP contribution in [0.25, 0.3) is 0 Å². The van der Waals surface area contributed by atoms with Crippen molar-refractivity contribution in [1.29, 1.82) is 0 Å². The molecule has 15 heavy (non-hydrogen) atoms. The monoisotopic (exact) mass is 216 g/mol. The lowest BCUT2D eigenvalue weighted by atomic mass is 10.2. The molecule has 1 unspecified atom stereocenters. The Morgan fingerprint density at radius 3 is 2.53 bits per heavy atom. The van der Waals surface area contributed by atoms with Gasteiger partial charge in [0.1, 0.15) is 0 Å². The Hall–Kier alpha value is -0.120. The van der Waals surface area contributed by atoms with Gasteiger partial charge in [0, 0.05) is 26.2 Å². The van der Waals surface area contributed by atoms with E-state index in [1.54, 1.807) is 7.11 Å². The molecule has 0 radical (unpaired) electrons. The fourth-order valence-corrected chi connectivity index (χ4v) is 1.52. The zero-order valence-electron chi connectivity index (χ0n) is 10.9. The highest BCUT2D eigenvalue weighted by Gasteiger charge is 2.04. The Bertz CT molecular complexity index is 131. The van der Waals surface area contributed by atoms with Crippen LogP contribution in [0.4, 0.5) is 0 Å². The van der Waals surface area contributed by atoms with E-state index in [9.17, 15) is 0 Å². The quantitative estimate of drug-likeness (QED) is 0.602. The minimum Gasteiger partial charge on any atom is -0.383 e. The minimum absolute atomic E-state index is 0.509. The molecule has 0 spiro atoms. The molecule has 0 saturated heterocycles. The SMILES string of the molecule is CCCCN(C)CCNC(CC)COC. The topological polar surface area (TPSA) is 24.5 Å². The average Bonchev–Trinajstić information content (AvgIpc) is 2.25. The Kier molecular flexibility index (Phi) is 10.3. The molecule has 0 bridgehead atoms. The van der Waals surface area contributed by atoms with Crippen molar-refractivity contribution in [2.45, 2.75) is 39.2 Å². The zero-order chi connectivity index (χ0) is 11.5. The van der Waals surface area contributed by atoms with E-state index in [1.807, 2.05) is 0 Å². The van der Waals surface area contributed by atoms with Gasteiger partial charge in [-0.15, -0.1) is 0 Å². The van der Waals surface area contributed by atoms with E-state index in [1.165, 1.54) is 19.4 Å². The zero-order valence-corrected chi connectivity index (χ0v) is 10.9. The van der Waals surface area contributed by atoms with E-state index in [-0.39, 0.29) is 0 Å². The maximum absolute atomic E-state index is 5.14.